The van der Waals surface area contributed by atoms with Crippen molar-refractivity contribution in [3.8, 4) is 6.01 Å². The second-order valence-electron chi connectivity index (χ2n) is 4.34. The molecule has 92 valence electrons. The summed E-state index contributed by atoms with van der Waals surface area (Å²) in [6, 6.07) is 0.256. The molecule has 1 aromatic heterocycles. The lowest BCUT2D eigenvalue weighted by Crippen LogP contribution is -2.43. The predicted octanol–water partition coefficient (Wildman–Crippen LogP) is -0.170. The Labute approximate surface area is 99.0 Å². The first-order valence-electron chi connectivity index (χ1n) is 5.70. The predicted molar refractivity (Wildman–Crippen MR) is 60.9 cm³/mol. The van der Waals surface area contributed by atoms with Crippen LogP contribution in [0.25, 0.3) is 0 Å². The van der Waals surface area contributed by atoms with Crippen molar-refractivity contribution in [2.75, 3.05) is 30.8 Å². The topological polar surface area (TPSA) is 86.4 Å². The maximum atomic E-state index is 5.76. The molecule has 0 radical (unpaired) electrons. The van der Waals surface area contributed by atoms with Crippen LogP contribution in [0.3, 0.4) is 0 Å². The van der Waals surface area contributed by atoms with E-state index < -0.39 is 0 Å². The van der Waals surface area contributed by atoms with Crippen LogP contribution >= 0.6 is 0 Å². The Balaban J connectivity index is 1.86. The third-order valence-corrected chi connectivity index (χ3v) is 3.13. The van der Waals surface area contributed by atoms with Gasteiger partial charge in [0.05, 0.1) is 19.3 Å². The molecular weight excluding hydrogens is 222 g/mol. The summed E-state index contributed by atoms with van der Waals surface area (Å²) in [5, 5.41) is 0. The van der Waals surface area contributed by atoms with Gasteiger partial charge in [-0.3, -0.25) is 0 Å². The summed E-state index contributed by atoms with van der Waals surface area (Å²) in [6.07, 6.45) is 2.80. The number of nitrogens with two attached hydrogens (primary N) is 1. The van der Waals surface area contributed by atoms with Gasteiger partial charge in [0.15, 0.2) is 0 Å². The molecular formula is C10H15N5O2. The second-order valence-corrected chi connectivity index (χ2v) is 4.34. The van der Waals surface area contributed by atoms with Gasteiger partial charge in [0.1, 0.15) is 0 Å². The molecule has 2 N–H and O–H groups in total. The van der Waals surface area contributed by atoms with Crippen LogP contribution in [-0.2, 0) is 4.74 Å². The summed E-state index contributed by atoms with van der Waals surface area (Å²) in [5.74, 6) is 0.764. The van der Waals surface area contributed by atoms with E-state index in [9.17, 15) is 0 Å². The van der Waals surface area contributed by atoms with Crippen molar-refractivity contribution in [3.63, 3.8) is 0 Å². The van der Waals surface area contributed by atoms with Crippen LogP contribution in [0.5, 0.6) is 6.01 Å². The summed E-state index contributed by atoms with van der Waals surface area (Å²) in [7, 11) is 1.52. The van der Waals surface area contributed by atoms with Gasteiger partial charge in [0.25, 0.3) is 0 Å². The Hall–Kier alpha value is -1.63. The summed E-state index contributed by atoms with van der Waals surface area (Å²) in [6.45, 7) is 1.62. The number of nitrogens with zero attached hydrogens (tertiary/aromatic N) is 4. The van der Waals surface area contributed by atoms with Crippen molar-refractivity contribution in [1.82, 2.24) is 15.0 Å². The standard InChI is InChI=1S/C10H15N5O2/c1-16-10-13-8(11)12-9(14-10)15-4-6-2-3-7(5-15)17-6/h6-7H,2-5H2,1H3,(H2,11,12,13,14). The molecule has 0 aromatic carbocycles. The van der Waals surface area contributed by atoms with Crippen molar-refractivity contribution >= 4 is 11.9 Å². The van der Waals surface area contributed by atoms with Crippen LogP contribution in [0.1, 0.15) is 12.8 Å². The van der Waals surface area contributed by atoms with E-state index in [1.54, 1.807) is 0 Å². The van der Waals surface area contributed by atoms with Gasteiger partial charge in [-0.2, -0.15) is 15.0 Å². The Bertz CT molecular complexity index is 415. The highest BCUT2D eigenvalue weighted by molar-refractivity contribution is 5.37. The highest BCUT2D eigenvalue weighted by Gasteiger charge is 2.35. The number of methoxy groups -OCH3 is 1. The fraction of sp³-hybridized carbons (Fsp3) is 0.700. The van der Waals surface area contributed by atoms with E-state index >= 15 is 0 Å². The van der Waals surface area contributed by atoms with Crippen LogP contribution in [0.15, 0.2) is 0 Å². The van der Waals surface area contributed by atoms with Gasteiger partial charge >= 0.3 is 6.01 Å². The largest absolute Gasteiger partial charge is 0.467 e. The average Bonchev–Trinajstić information content (AvgIpc) is 2.67. The molecule has 2 aliphatic heterocycles. The molecule has 0 aliphatic carbocycles. The number of ether oxygens (including phenoxy) is 2. The Kier molecular flexibility index (Phi) is 2.47. The van der Waals surface area contributed by atoms with Gasteiger partial charge in [0.2, 0.25) is 11.9 Å². The zero-order valence-corrected chi connectivity index (χ0v) is 9.67. The highest BCUT2D eigenvalue weighted by Crippen LogP contribution is 2.28. The minimum Gasteiger partial charge on any atom is -0.467 e. The van der Waals surface area contributed by atoms with Crippen LogP contribution in [0.2, 0.25) is 0 Å². The minimum atomic E-state index is 0.186. The van der Waals surface area contributed by atoms with Gasteiger partial charge in [0, 0.05) is 13.1 Å². The Morgan fingerprint density at radius 2 is 1.94 bits per heavy atom. The number of hydrogen-bond acceptors (Lipinski definition) is 7. The molecule has 0 spiro atoms. The average molecular weight is 237 g/mol. The van der Waals surface area contributed by atoms with Gasteiger partial charge in [-0.15, -0.1) is 0 Å². The number of nitrogen functional groups attached to an aromatic ring is 1. The fourth-order valence-electron chi connectivity index (χ4n) is 2.37. The van der Waals surface area contributed by atoms with Crippen LogP contribution < -0.4 is 15.4 Å². The van der Waals surface area contributed by atoms with E-state index in [0.29, 0.717) is 5.95 Å². The number of rotatable bonds is 2. The first kappa shape index (κ1) is 10.5. The summed E-state index contributed by atoms with van der Waals surface area (Å²) < 4.78 is 10.8. The zero-order chi connectivity index (χ0) is 11.8. The number of aromatic nitrogens is 3. The summed E-state index contributed by atoms with van der Waals surface area (Å²) >= 11 is 0. The number of fused-ring (bicyclic) bond motifs is 2. The molecule has 2 saturated heterocycles. The van der Waals surface area contributed by atoms with Crippen molar-refractivity contribution in [2.24, 2.45) is 0 Å². The maximum absolute atomic E-state index is 5.76. The van der Waals surface area contributed by atoms with Crippen LogP contribution in [0.4, 0.5) is 11.9 Å². The molecule has 7 nitrogen and oxygen atoms in total. The van der Waals surface area contributed by atoms with Crippen LogP contribution in [0, 0.1) is 0 Å². The quantitative estimate of drug-likeness (QED) is 0.764. The van der Waals surface area contributed by atoms with Crippen molar-refractivity contribution in [1.29, 1.82) is 0 Å². The van der Waals surface area contributed by atoms with Gasteiger partial charge in [-0.25, -0.2) is 0 Å². The first-order valence-corrected chi connectivity index (χ1v) is 5.70. The second kappa shape index (κ2) is 3.99. The van der Waals surface area contributed by atoms with E-state index in [0.717, 1.165) is 25.9 Å². The Morgan fingerprint density at radius 1 is 1.24 bits per heavy atom. The normalized spacial score (nSPS) is 27.2. The van der Waals surface area contributed by atoms with E-state index in [2.05, 4.69) is 19.9 Å². The molecule has 17 heavy (non-hydrogen) atoms. The van der Waals surface area contributed by atoms with E-state index in [-0.39, 0.29) is 24.2 Å². The van der Waals surface area contributed by atoms with Gasteiger partial charge < -0.3 is 20.1 Å². The lowest BCUT2D eigenvalue weighted by Gasteiger charge is -2.32. The van der Waals surface area contributed by atoms with E-state index in [4.69, 9.17) is 15.2 Å². The molecule has 0 saturated carbocycles. The molecule has 2 fully saturated rings. The molecule has 2 unspecified atom stereocenters. The summed E-state index contributed by atoms with van der Waals surface area (Å²) in [4.78, 5) is 14.3. The lowest BCUT2D eigenvalue weighted by molar-refractivity contribution is 0.0299. The molecule has 3 rings (SSSR count). The van der Waals surface area contributed by atoms with Gasteiger partial charge in [-0.05, 0) is 12.8 Å². The zero-order valence-electron chi connectivity index (χ0n) is 9.67. The molecule has 2 bridgehead atoms. The number of anilines is 2. The van der Waals surface area contributed by atoms with E-state index in [1.807, 2.05) is 0 Å². The van der Waals surface area contributed by atoms with Crippen LogP contribution in [-0.4, -0.2) is 47.4 Å². The van der Waals surface area contributed by atoms with Crippen molar-refractivity contribution in [2.45, 2.75) is 25.0 Å². The molecule has 2 atom stereocenters. The fourth-order valence-corrected chi connectivity index (χ4v) is 2.37. The summed E-state index contributed by atoms with van der Waals surface area (Å²) in [5.41, 5.74) is 5.63. The lowest BCUT2D eigenvalue weighted by atomic mass is 10.2. The smallest absolute Gasteiger partial charge is 0.322 e. The monoisotopic (exact) mass is 237 g/mol. The third-order valence-electron chi connectivity index (χ3n) is 3.13. The van der Waals surface area contributed by atoms with Crippen molar-refractivity contribution in [3.05, 3.63) is 0 Å². The SMILES string of the molecule is COc1nc(N)nc(N2CC3CCC(C2)O3)n1. The highest BCUT2D eigenvalue weighted by atomic mass is 16.5. The molecule has 0 amide bonds. The number of morpholine rings is 1. The number of hydrogen-bond donors (Lipinski definition) is 1. The molecule has 7 heteroatoms. The first-order chi connectivity index (χ1) is 8.24. The van der Waals surface area contributed by atoms with Crippen molar-refractivity contribution < 1.29 is 9.47 Å². The molecule has 3 heterocycles. The van der Waals surface area contributed by atoms with Gasteiger partial charge in [-0.1, -0.05) is 0 Å². The maximum Gasteiger partial charge on any atom is 0.322 e. The Morgan fingerprint density at radius 3 is 2.59 bits per heavy atom. The van der Waals surface area contributed by atoms with E-state index in [1.165, 1.54) is 7.11 Å². The third kappa shape index (κ3) is 1.97. The molecule has 2 aliphatic rings. The molecule has 1 aromatic rings. The minimum absolute atomic E-state index is 0.186.